The first-order valence-electron chi connectivity index (χ1n) is 2.87. The molecule has 1 atom stereocenters. The fourth-order valence-electron chi connectivity index (χ4n) is 0.833. The fourth-order valence-corrected chi connectivity index (χ4v) is 0.833. The molecule has 0 spiro atoms. The molecule has 7 nitrogen and oxygen atoms in total. The largest absolute Gasteiger partial charge is 0.326 e. The minimum Gasteiger partial charge on any atom is -0.292 e. The van der Waals surface area contributed by atoms with Crippen molar-refractivity contribution in [2.75, 3.05) is 0 Å². The van der Waals surface area contributed by atoms with Crippen molar-refractivity contribution in [2.24, 2.45) is 15.4 Å². The van der Waals surface area contributed by atoms with Crippen molar-refractivity contribution >= 4 is 17.8 Å². The quantitative estimate of drug-likeness (QED) is 0.465. The first kappa shape index (κ1) is 5.96. The Labute approximate surface area is 60.6 Å². The molecule has 2 heterocycles. The highest BCUT2D eigenvalue weighted by Gasteiger charge is 2.34. The monoisotopic (exact) mass is 153 g/mol. The van der Waals surface area contributed by atoms with E-state index < -0.39 is 18.0 Å². The van der Waals surface area contributed by atoms with Crippen molar-refractivity contribution in [1.82, 2.24) is 10.6 Å². The van der Waals surface area contributed by atoms with Crippen molar-refractivity contribution < 1.29 is 9.59 Å². The first-order chi connectivity index (χ1) is 5.27. The molecule has 0 bridgehead atoms. The lowest BCUT2D eigenvalue weighted by Gasteiger charge is -2.15. The molecule has 0 aromatic heterocycles. The average molecular weight is 153 g/mol. The zero-order valence-corrected chi connectivity index (χ0v) is 5.24. The van der Waals surface area contributed by atoms with Gasteiger partial charge in [-0.2, -0.15) is 0 Å². The van der Waals surface area contributed by atoms with Gasteiger partial charge in [0, 0.05) is 0 Å². The van der Waals surface area contributed by atoms with E-state index in [1.54, 1.807) is 0 Å². The van der Waals surface area contributed by atoms with Gasteiger partial charge in [0.05, 0.1) is 0 Å². The number of imide groups is 1. The van der Waals surface area contributed by atoms with E-state index in [1.807, 2.05) is 5.32 Å². The van der Waals surface area contributed by atoms with Crippen LogP contribution in [0.2, 0.25) is 0 Å². The van der Waals surface area contributed by atoms with Crippen LogP contribution in [0.25, 0.3) is 0 Å². The number of amidine groups is 1. The second-order valence-corrected chi connectivity index (χ2v) is 2.04. The van der Waals surface area contributed by atoms with Gasteiger partial charge in [0.25, 0.3) is 5.91 Å². The number of carbonyl (C=O) groups excluding carboxylic acids is 2. The number of rotatable bonds is 0. The van der Waals surface area contributed by atoms with E-state index in [0.717, 1.165) is 0 Å². The normalized spacial score (nSPS) is 27.3. The van der Waals surface area contributed by atoms with Gasteiger partial charge >= 0.3 is 6.03 Å². The summed E-state index contributed by atoms with van der Waals surface area (Å²) >= 11 is 0. The number of nitrogens with one attached hydrogen (secondary N) is 2. The van der Waals surface area contributed by atoms with E-state index in [4.69, 9.17) is 0 Å². The molecule has 56 valence electrons. The highest BCUT2D eigenvalue weighted by molar-refractivity contribution is 6.21. The summed E-state index contributed by atoms with van der Waals surface area (Å²) in [4.78, 5) is 21.5. The van der Waals surface area contributed by atoms with Crippen molar-refractivity contribution in [1.29, 1.82) is 0 Å². The molecule has 2 rings (SSSR count). The molecule has 0 aromatic carbocycles. The van der Waals surface area contributed by atoms with Crippen LogP contribution < -0.4 is 10.6 Å². The summed E-state index contributed by atoms with van der Waals surface area (Å²) in [5.41, 5.74) is 0. The molecule has 3 amide bonds. The molecular formula is C4H3N5O2. The third-order valence-electron chi connectivity index (χ3n) is 1.31. The molecular weight excluding hydrogens is 150 g/mol. The number of hydrogen-bond acceptors (Lipinski definition) is 5. The third-order valence-corrected chi connectivity index (χ3v) is 1.31. The third kappa shape index (κ3) is 0.775. The van der Waals surface area contributed by atoms with Crippen molar-refractivity contribution in [3.8, 4) is 0 Å². The maximum atomic E-state index is 10.9. The van der Waals surface area contributed by atoms with E-state index in [9.17, 15) is 9.59 Å². The van der Waals surface area contributed by atoms with Crippen LogP contribution in [0.15, 0.2) is 15.4 Å². The molecule has 2 aliphatic rings. The second-order valence-electron chi connectivity index (χ2n) is 2.04. The molecule has 0 aliphatic carbocycles. The smallest absolute Gasteiger partial charge is 0.292 e. The zero-order chi connectivity index (χ0) is 7.84. The molecule has 0 aromatic rings. The van der Waals surface area contributed by atoms with Crippen molar-refractivity contribution in [3.63, 3.8) is 0 Å². The van der Waals surface area contributed by atoms with Gasteiger partial charge in [0.2, 0.25) is 6.04 Å². The minimum atomic E-state index is -0.757. The maximum Gasteiger partial charge on any atom is 0.326 e. The van der Waals surface area contributed by atoms with Gasteiger partial charge in [-0.15, -0.1) is 10.2 Å². The van der Waals surface area contributed by atoms with Crippen LogP contribution >= 0.6 is 0 Å². The lowest BCUT2D eigenvalue weighted by atomic mass is 10.2. The summed E-state index contributed by atoms with van der Waals surface area (Å²) in [7, 11) is 0. The number of carbonyl (C=O) groups is 2. The maximum absolute atomic E-state index is 10.9. The van der Waals surface area contributed by atoms with Gasteiger partial charge in [0.15, 0.2) is 5.84 Å². The van der Waals surface area contributed by atoms with E-state index in [1.165, 1.54) is 0 Å². The summed E-state index contributed by atoms with van der Waals surface area (Å²) in [5, 5.41) is 14.5. The average Bonchev–Trinajstić information content (AvgIpc) is 2.34. The first-order valence-corrected chi connectivity index (χ1v) is 2.87. The van der Waals surface area contributed by atoms with Crippen LogP contribution in [0.4, 0.5) is 4.79 Å². The Morgan fingerprint density at radius 3 is 2.91 bits per heavy atom. The van der Waals surface area contributed by atoms with E-state index in [0.29, 0.717) is 0 Å². The molecule has 1 saturated heterocycles. The lowest BCUT2D eigenvalue weighted by Crippen LogP contribution is -2.57. The van der Waals surface area contributed by atoms with Gasteiger partial charge in [-0.05, 0) is 5.22 Å². The van der Waals surface area contributed by atoms with Crippen LogP contribution in [0.3, 0.4) is 0 Å². The zero-order valence-electron chi connectivity index (χ0n) is 5.24. The summed E-state index contributed by atoms with van der Waals surface area (Å²) in [6.07, 6.45) is 0. The molecule has 0 radical (unpaired) electrons. The van der Waals surface area contributed by atoms with Gasteiger partial charge in [-0.3, -0.25) is 15.4 Å². The number of nitrogens with zero attached hydrogens (tertiary/aromatic N) is 3. The fraction of sp³-hybridized carbons (Fsp3) is 0.250. The summed E-state index contributed by atoms with van der Waals surface area (Å²) in [6.45, 7) is 0. The van der Waals surface area contributed by atoms with E-state index >= 15 is 0 Å². The summed E-state index contributed by atoms with van der Waals surface area (Å²) < 4.78 is 0. The lowest BCUT2D eigenvalue weighted by molar-refractivity contribution is -0.120. The Balaban J connectivity index is 2.31. The molecule has 1 unspecified atom stereocenters. The molecule has 2 N–H and O–H groups in total. The van der Waals surface area contributed by atoms with Crippen LogP contribution in [0, 0.1) is 0 Å². The van der Waals surface area contributed by atoms with Crippen molar-refractivity contribution in [3.05, 3.63) is 0 Å². The second kappa shape index (κ2) is 1.84. The molecule has 0 saturated carbocycles. The number of amides is 3. The predicted octanol–water partition coefficient (Wildman–Crippen LogP) is -1.03. The minimum absolute atomic E-state index is 0.193. The number of fused-ring (bicyclic) bond motifs is 1. The Kier molecular flexibility index (Phi) is 0.999. The van der Waals surface area contributed by atoms with Gasteiger partial charge in [-0.1, -0.05) is 0 Å². The SMILES string of the molecule is O=C1NC(=O)C2N=NN=C2N1. The molecule has 11 heavy (non-hydrogen) atoms. The Morgan fingerprint density at radius 2 is 2.09 bits per heavy atom. The Bertz CT molecular complexity index is 293. The summed E-state index contributed by atoms with van der Waals surface area (Å²) in [6, 6.07) is -1.34. The Morgan fingerprint density at radius 1 is 1.27 bits per heavy atom. The van der Waals surface area contributed by atoms with Crippen LogP contribution in [-0.4, -0.2) is 23.8 Å². The highest BCUT2D eigenvalue weighted by atomic mass is 16.2. The topological polar surface area (TPSA) is 95.3 Å². The van der Waals surface area contributed by atoms with Crippen LogP contribution in [-0.2, 0) is 4.79 Å². The van der Waals surface area contributed by atoms with E-state index in [-0.39, 0.29) is 5.84 Å². The Hall–Kier alpha value is -1.79. The van der Waals surface area contributed by atoms with Gasteiger partial charge < -0.3 is 0 Å². The molecule has 1 fully saturated rings. The standard InChI is InChI=1S/C4H3N5O2/c10-3-1-2(8-9-7-1)5-4(11)6-3/h1H,(H2,5,6,7,8,10,11). The predicted molar refractivity (Wildman–Crippen MR) is 32.8 cm³/mol. The van der Waals surface area contributed by atoms with Gasteiger partial charge in [-0.25, -0.2) is 4.79 Å². The highest BCUT2D eigenvalue weighted by Crippen LogP contribution is 2.06. The molecule has 7 heteroatoms. The van der Waals surface area contributed by atoms with Crippen LogP contribution in [0.5, 0.6) is 0 Å². The molecule has 2 aliphatic heterocycles. The number of urea groups is 1. The van der Waals surface area contributed by atoms with Crippen LogP contribution in [0.1, 0.15) is 0 Å². The van der Waals surface area contributed by atoms with E-state index in [2.05, 4.69) is 20.8 Å². The number of hydrogen-bond donors (Lipinski definition) is 2. The van der Waals surface area contributed by atoms with Gasteiger partial charge in [0.1, 0.15) is 0 Å². The van der Waals surface area contributed by atoms with Crippen molar-refractivity contribution in [2.45, 2.75) is 6.04 Å². The summed E-state index contributed by atoms with van der Waals surface area (Å²) in [5.74, 6) is -0.299.